The molecular formula is C22H30N6O2S. The molecule has 1 unspecified atom stereocenters. The number of aromatic nitrogens is 3. The normalized spacial score (nSPS) is 13.6. The molecule has 9 heteroatoms. The monoisotopic (exact) mass is 442 g/mol. The SMILES string of the molecule is COc1ccc(CCNC(=NCc2nnc(C)n2C)NCC(C)(O)c2ccsc2)cc1. The molecule has 3 N–H and O–H groups in total. The topological polar surface area (TPSA) is 96.6 Å². The third kappa shape index (κ3) is 6.28. The van der Waals surface area contributed by atoms with Gasteiger partial charge >= 0.3 is 0 Å². The third-order valence-corrected chi connectivity index (χ3v) is 5.85. The fourth-order valence-corrected chi connectivity index (χ4v) is 3.74. The molecule has 3 rings (SSSR count). The van der Waals surface area contributed by atoms with Crippen molar-refractivity contribution in [2.24, 2.45) is 12.0 Å². The van der Waals surface area contributed by atoms with Gasteiger partial charge in [0.15, 0.2) is 11.8 Å². The summed E-state index contributed by atoms with van der Waals surface area (Å²) in [5.41, 5.74) is 1.08. The Balaban J connectivity index is 1.64. The highest BCUT2D eigenvalue weighted by Crippen LogP contribution is 2.22. The van der Waals surface area contributed by atoms with Crippen LogP contribution < -0.4 is 15.4 Å². The maximum atomic E-state index is 10.8. The van der Waals surface area contributed by atoms with Gasteiger partial charge in [-0.15, -0.1) is 10.2 Å². The van der Waals surface area contributed by atoms with Crippen LogP contribution in [0.3, 0.4) is 0 Å². The predicted molar refractivity (Wildman–Crippen MR) is 123 cm³/mol. The first kappa shape index (κ1) is 22.8. The van der Waals surface area contributed by atoms with E-state index in [0.717, 1.165) is 29.4 Å². The smallest absolute Gasteiger partial charge is 0.191 e. The Labute approximate surface area is 187 Å². The molecule has 0 aliphatic rings. The van der Waals surface area contributed by atoms with Crippen LogP contribution in [0.4, 0.5) is 0 Å². The summed E-state index contributed by atoms with van der Waals surface area (Å²) in [5.74, 6) is 3.07. The van der Waals surface area contributed by atoms with Crippen LogP contribution in [0.15, 0.2) is 46.1 Å². The number of nitrogens with zero attached hydrogens (tertiary/aromatic N) is 4. The molecule has 0 spiro atoms. The Bertz CT molecular complexity index is 980. The molecule has 1 atom stereocenters. The molecule has 0 aliphatic carbocycles. The number of benzene rings is 1. The molecule has 0 radical (unpaired) electrons. The van der Waals surface area contributed by atoms with Gasteiger partial charge in [-0.25, -0.2) is 4.99 Å². The van der Waals surface area contributed by atoms with E-state index >= 15 is 0 Å². The molecule has 0 saturated heterocycles. The number of rotatable bonds is 9. The Morgan fingerprint density at radius 2 is 2.00 bits per heavy atom. The number of thiophene rings is 1. The standard InChI is InChI=1S/C22H30N6O2S/c1-16-26-27-20(28(16)3)13-24-21(25-15-22(2,29)18-10-12-31-14-18)23-11-9-17-5-7-19(30-4)8-6-17/h5-8,10,12,14,29H,9,11,13,15H2,1-4H3,(H2,23,24,25). The lowest BCUT2D eigenvalue weighted by molar-refractivity contribution is 0.0621. The van der Waals surface area contributed by atoms with Crippen molar-refractivity contribution in [2.75, 3.05) is 20.2 Å². The van der Waals surface area contributed by atoms with Gasteiger partial charge in [0.2, 0.25) is 0 Å². The van der Waals surface area contributed by atoms with Crippen molar-refractivity contribution < 1.29 is 9.84 Å². The molecule has 2 aromatic heterocycles. The first-order valence-electron chi connectivity index (χ1n) is 10.1. The molecule has 0 amide bonds. The first-order valence-corrected chi connectivity index (χ1v) is 11.1. The van der Waals surface area contributed by atoms with Gasteiger partial charge < -0.3 is 25.0 Å². The quantitative estimate of drug-likeness (QED) is 0.348. The highest BCUT2D eigenvalue weighted by molar-refractivity contribution is 7.08. The molecule has 0 saturated carbocycles. The van der Waals surface area contributed by atoms with Crippen molar-refractivity contribution in [1.29, 1.82) is 0 Å². The second kappa shape index (κ2) is 10.4. The molecular weight excluding hydrogens is 412 g/mol. The Kier molecular flexibility index (Phi) is 7.64. The zero-order valence-corrected chi connectivity index (χ0v) is 19.2. The average Bonchev–Trinajstić information content (AvgIpc) is 3.42. The first-order chi connectivity index (χ1) is 14.9. The summed E-state index contributed by atoms with van der Waals surface area (Å²) in [7, 11) is 3.58. The van der Waals surface area contributed by atoms with Crippen LogP contribution in [-0.2, 0) is 25.6 Å². The number of nitrogens with one attached hydrogen (secondary N) is 2. The molecule has 3 aromatic rings. The van der Waals surface area contributed by atoms with Gasteiger partial charge in [0.25, 0.3) is 0 Å². The Morgan fingerprint density at radius 1 is 1.23 bits per heavy atom. The Morgan fingerprint density at radius 3 is 2.61 bits per heavy atom. The van der Waals surface area contributed by atoms with E-state index in [9.17, 15) is 5.11 Å². The van der Waals surface area contributed by atoms with E-state index in [2.05, 4.69) is 38.0 Å². The molecule has 0 fully saturated rings. The van der Waals surface area contributed by atoms with Gasteiger partial charge in [0.1, 0.15) is 23.7 Å². The van der Waals surface area contributed by atoms with Crippen molar-refractivity contribution >= 4 is 17.3 Å². The van der Waals surface area contributed by atoms with Gasteiger partial charge in [-0.2, -0.15) is 11.3 Å². The second-order valence-corrected chi connectivity index (χ2v) is 8.33. The van der Waals surface area contributed by atoms with Gasteiger partial charge in [0.05, 0.1) is 13.7 Å². The van der Waals surface area contributed by atoms with Crippen LogP contribution in [0.2, 0.25) is 0 Å². The number of hydrogen-bond acceptors (Lipinski definition) is 6. The number of aliphatic hydroxyl groups is 1. The number of aliphatic imine (C=N–C) groups is 1. The van der Waals surface area contributed by atoms with Crippen molar-refractivity contribution in [3.8, 4) is 5.75 Å². The van der Waals surface area contributed by atoms with Gasteiger partial charge in [-0.1, -0.05) is 12.1 Å². The lowest BCUT2D eigenvalue weighted by atomic mass is 9.99. The number of hydrogen-bond donors (Lipinski definition) is 3. The molecule has 1 aromatic carbocycles. The average molecular weight is 443 g/mol. The van der Waals surface area contributed by atoms with Gasteiger partial charge in [-0.05, 0) is 60.4 Å². The van der Waals surface area contributed by atoms with E-state index < -0.39 is 5.60 Å². The summed E-state index contributed by atoms with van der Waals surface area (Å²) in [6, 6.07) is 9.94. The lowest BCUT2D eigenvalue weighted by Gasteiger charge is -2.24. The zero-order valence-electron chi connectivity index (χ0n) is 18.4. The van der Waals surface area contributed by atoms with Crippen LogP contribution in [0.1, 0.15) is 29.7 Å². The largest absolute Gasteiger partial charge is 0.497 e. The van der Waals surface area contributed by atoms with E-state index in [4.69, 9.17) is 4.74 Å². The third-order valence-electron chi connectivity index (χ3n) is 5.17. The van der Waals surface area contributed by atoms with E-state index in [1.807, 2.05) is 47.5 Å². The summed E-state index contributed by atoms with van der Waals surface area (Å²) < 4.78 is 7.13. The summed E-state index contributed by atoms with van der Waals surface area (Å²) in [6.45, 7) is 5.11. The van der Waals surface area contributed by atoms with Crippen LogP contribution in [0.25, 0.3) is 0 Å². The van der Waals surface area contributed by atoms with E-state index in [1.165, 1.54) is 5.56 Å². The molecule has 0 bridgehead atoms. The summed E-state index contributed by atoms with van der Waals surface area (Å²) in [6.07, 6.45) is 0.828. The van der Waals surface area contributed by atoms with Crippen molar-refractivity contribution in [1.82, 2.24) is 25.4 Å². The number of guanidine groups is 1. The van der Waals surface area contributed by atoms with E-state index in [0.29, 0.717) is 25.6 Å². The van der Waals surface area contributed by atoms with Crippen molar-refractivity contribution in [3.63, 3.8) is 0 Å². The van der Waals surface area contributed by atoms with E-state index in [1.54, 1.807) is 25.4 Å². The van der Waals surface area contributed by atoms with Crippen LogP contribution >= 0.6 is 11.3 Å². The predicted octanol–water partition coefficient (Wildman–Crippen LogP) is 2.38. The zero-order chi connectivity index (χ0) is 22.3. The maximum Gasteiger partial charge on any atom is 0.191 e. The minimum atomic E-state index is -1.00. The second-order valence-electron chi connectivity index (χ2n) is 7.55. The minimum Gasteiger partial charge on any atom is -0.497 e. The molecule has 166 valence electrons. The highest BCUT2D eigenvalue weighted by atomic mass is 32.1. The molecule has 31 heavy (non-hydrogen) atoms. The number of aryl methyl sites for hydroxylation is 1. The number of ether oxygens (including phenoxy) is 1. The molecule has 8 nitrogen and oxygen atoms in total. The number of methoxy groups -OCH3 is 1. The minimum absolute atomic E-state index is 0.329. The fraction of sp³-hybridized carbons (Fsp3) is 0.409. The molecule has 2 heterocycles. The Hall–Kier alpha value is -2.91. The fourth-order valence-electron chi connectivity index (χ4n) is 2.96. The van der Waals surface area contributed by atoms with Gasteiger partial charge in [-0.3, -0.25) is 0 Å². The maximum absolute atomic E-state index is 10.8. The lowest BCUT2D eigenvalue weighted by Crippen LogP contribution is -2.45. The highest BCUT2D eigenvalue weighted by Gasteiger charge is 2.23. The summed E-state index contributed by atoms with van der Waals surface area (Å²) >= 11 is 1.57. The van der Waals surface area contributed by atoms with Crippen LogP contribution in [0.5, 0.6) is 5.75 Å². The van der Waals surface area contributed by atoms with Crippen molar-refractivity contribution in [2.45, 2.75) is 32.4 Å². The molecule has 0 aliphatic heterocycles. The van der Waals surface area contributed by atoms with Crippen LogP contribution in [0, 0.1) is 6.92 Å². The van der Waals surface area contributed by atoms with Crippen molar-refractivity contribution in [3.05, 3.63) is 63.9 Å². The van der Waals surface area contributed by atoms with Gasteiger partial charge in [0, 0.05) is 13.6 Å². The summed E-state index contributed by atoms with van der Waals surface area (Å²) in [5, 5.41) is 29.6. The summed E-state index contributed by atoms with van der Waals surface area (Å²) in [4.78, 5) is 4.65. The van der Waals surface area contributed by atoms with Crippen LogP contribution in [-0.4, -0.2) is 46.0 Å². The van der Waals surface area contributed by atoms with E-state index in [-0.39, 0.29) is 0 Å².